The van der Waals surface area contributed by atoms with E-state index in [0.29, 0.717) is 11.5 Å². The van der Waals surface area contributed by atoms with Gasteiger partial charge in [0.15, 0.2) is 0 Å². The fourth-order valence-corrected chi connectivity index (χ4v) is 1.58. The van der Waals surface area contributed by atoms with Gasteiger partial charge in [0.2, 0.25) is 5.69 Å². The van der Waals surface area contributed by atoms with Crippen LogP contribution in [0.2, 0.25) is 0 Å². The van der Waals surface area contributed by atoms with Gasteiger partial charge in [-0.15, -0.1) is 5.10 Å². The number of ether oxygens (including phenoxy) is 2. The molecule has 0 saturated heterocycles. The van der Waals surface area contributed by atoms with Crippen molar-refractivity contribution in [2.75, 3.05) is 12.8 Å². The number of nitrogens with two attached hydrogens (primary N) is 1. The van der Waals surface area contributed by atoms with Crippen LogP contribution in [0.25, 0.3) is 0 Å². The van der Waals surface area contributed by atoms with Gasteiger partial charge in [-0.25, -0.2) is 4.79 Å². The summed E-state index contributed by atoms with van der Waals surface area (Å²) < 4.78 is 13.7. The molecule has 0 aliphatic carbocycles. The summed E-state index contributed by atoms with van der Waals surface area (Å²) in [7, 11) is 1.53. The summed E-state index contributed by atoms with van der Waals surface area (Å²) in [5.74, 6) is 0.325. The van der Waals surface area contributed by atoms with Crippen LogP contribution in [0.15, 0.2) is 24.3 Å². The summed E-state index contributed by atoms with van der Waals surface area (Å²) >= 11 is 0.942. The van der Waals surface area contributed by atoms with Crippen molar-refractivity contribution < 1.29 is 14.3 Å². The molecule has 0 atom stereocenters. The van der Waals surface area contributed by atoms with Crippen LogP contribution in [0, 0.1) is 0 Å². The lowest BCUT2D eigenvalue weighted by atomic mass is 10.3. The number of carbonyl (C=O) groups is 1. The van der Waals surface area contributed by atoms with Crippen molar-refractivity contribution in [3.63, 3.8) is 0 Å². The second-order valence-electron chi connectivity index (χ2n) is 3.05. The number of carbonyl (C=O) groups excluding carboxylic acids is 1. The zero-order valence-electron chi connectivity index (χ0n) is 8.91. The van der Waals surface area contributed by atoms with Gasteiger partial charge in [0, 0.05) is 17.6 Å². The lowest BCUT2D eigenvalue weighted by Gasteiger charge is -2.04. The van der Waals surface area contributed by atoms with Gasteiger partial charge in [-0.05, 0) is 12.1 Å². The molecule has 2 aromatic rings. The lowest BCUT2D eigenvalue weighted by Crippen LogP contribution is -2.11. The molecule has 6 nitrogen and oxygen atoms in total. The molecule has 0 radical (unpaired) electrons. The topological polar surface area (TPSA) is 87.3 Å². The Kier molecular flexibility index (Phi) is 3.20. The zero-order valence-corrected chi connectivity index (χ0v) is 9.73. The van der Waals surface area contributed by atoms with Crippen LogP contribution in [0.4, 0.5) is 5.00 Å². The van der Waals surface area contributed by atoms with Gasteiger partial charge in [0.05, 0.1) is 7.11 Å². The van der Waals surface area contributed by atoms with Crippen molar-refractivity contribution in [1.82, 2.24) is 9.59 Å². The number of nitrogens with zero attached hydrogens (tertiary/aromatic N) is 2. The van der Waals surface area contributed by atoms with Gasteiger partial charge in [-0.3, -0.25) is 0 Å². The Morgan fingerprint density at radius 2 is 2.18 bits per heavy atom. The van der Waals surface area contributed by atoms with E-state index in [9.17, 15) is 4.79 Å². The lowest BCUT2D eigenvalue weighted by molar-refractivity contribution is 0.0729. The van der Waals surface area contributed by atoms with Gasteiger partial charge in [0.1, 0.15) is 16.5 Å². The van der Waals surface area contributed by atoms with E-state index in [1.54, 1.807) is 24.3 Å². The maximum Gasteiger partial charge on any atom is 0.367 e. The summed E-state index contributed by atoms with van der Waals surface area (Å²) in [5, 5.41) is 3.83. The molecule has 17 heavy (non-hydrogen) atoms. The van der Waals surface area contributed by atoms with E-state index >= 15 is 0 Å². The molecule has 0 amide bonds. The van der Waals surface area contributed by atoms with Crippen LogP contribution in [-0.4, -0.2) is 22.7 Å². The normalized spacial score (nSPS) is 9.94. The number of benzene rings is 1. The van der Waals surface area contributed by atoms with Gasteiger partial charge < -0.3 is 15.2 Å². The molecule has 0 fully saturated rings. The second kappa shape index (κ2) is 4.79. The van der Waals surface area contributed by atoms with Gasteiger partial charge in [-0.2, -0.15) is 0 Å². The number of esters is 1. The molecule has 0 unspecified atom stereocenters. The van der Waals surface area contributed by atoms with Crippen molar-refractivity contribution in [3.8, 4) is 11.5 Å². The summed E-state index contributed by atoms with van der Waals surface area (Å²) in [6.07, 6.45) is 0. The molecule has 2 N–H and O–H groups in total. The molecule has 0 saturated carbocycles. The third-order valence-corrected chi connectivity index (χ3v) is 2.51. The molecule has 1 aromatic heterocycles. The maximum atomic E-state index is 11.7. The Morgan fingerprint density at radius 1 is 1.41 bits per heavy atom. The van der Waals surface area contributed by atoms with Crippen molar-refractivity contribution >= 4 is 22.5 Å². The molecule has 88 valence electrons. The number of nitrogen functional groups attached to an aromatic ring is 1. The molecule has 0 bridgehead atoms. The van der Waals surface area contributed by atoms with Gasteiger partial charge >= 0.3 is 5.97 Å². The third-order valence-electron chi connectivity index (χ3n) is 1.96. The molecule has 1 heterocycles. The van der Waals surface area contributed by atoms with E-state index in [2.05, 4.69) is 9.59 Å². The fourth-order valence-electron chi connectivity index (χ4n) is 1.16. The first-order valence-corrected chi connectivity index (χ1v) is 5.42. The minimum absolute atomic E-state index is 0.0258. The first kappa shape index (κ1) is 11.3. The van der Waals surface area contributed by atoms with Crippen LogP contribution in [0.3, 0.4) is 0 Å². The predicted molar refractivity (Wildman–Crippen MR) is 62.3 cm³/mol. The molecule has 0 aliphatic heterocycles. The highest BCUT2D eigenvalue weighted by Gasteiger charge is 2.16. The quantitative estimate of drug-likeness (QED) is 0.654. The number of aromatic nitrogens is 2. The number of hydrogen-bond acceptors (Lipinski definition) is 7. The monoisotopic (exact) mass is 251 g/mol. The van der Waals surface area contributed by atoms with E-state index in [1.807, 2.05) is 0 Å². The average Bonchev–Trinajstić information content (AvgIpc) is 2.76. The summed E-state index contributed by atoms with van der Waals surface area (Å²) in [4.78, 5) is 11.7. The van der Waals surface area contributed by atoms with Crippen molar-refractivity contribution in [3.05, 3.63) is 30.0 Å². The summed E-state index contributed by atoms with van der Waals surface area (Å²) in [6, 6.07) is 6.69. The number of hydrogen-bond donors (Lipinski definition) is 1. The Hall–Kier alpha value is -2.15. The van der Waals surface area contributed by atoms with Gasteiger partial charge in [0.25, 0.3) is 0 Å². The highest BCUT2D eigenvalue weighted by molar-refractivity contribution is 7.10. The van der Waals surface area contributed by atoms with E-state index in [-0.39, 0.29) is 10.7 Å². The largest absolute Gasteiger partial charge is 0.497 e. The number of anilines is 1. The van der Waals surface area contributed by atoms with Gasteiger partial charge in [-0.1, -0.05) is 10.6 Å². The smallest absolute Gasteiger partial charge is 0.367 e. The minimum Gasteiger partial charge on any atom is -0.497 e. The van der Waals surface area contributed by atoms with E-state index in [4.69, 9.17) is 15.2 Å². The number of rotatable bonds is 3. The van der Waals surface area contributed by atoms with Crippen molar-refractivity contribution in [2.45, 2.75) is 0 Å². The van der Waals surface area contributed by atoms with Crippen molar-refractivity contribution in [1.29, 1.82) is 0 Å². The average molecular weight is 251 g/mol. The van der Waals surface area contributed by atoms with E-state index in [1.165, 1.54) is 7.11 Å². The van der Waals surface area contributed by atoms with Crippen LogP contribution in [0.1, 0.15) is 10.5 Å². The summed E-state index contributed by atoms with van der Waals surface area (Å²) in [5.41, 5.74) is 5.54. The standard InChI is InChI=1S/C10H9N3O3S/c1-15-6-3-2-4-7(5-6)16-10(14)8-9(11)17-13-12-8/h2-5H,11H2,1H3. The highest BCUT2D eigenvalue weighted by Crippen LogP contribution is 2.21. The SMILES string of the molecule is COc1cccc(OC(=O)c2nnsc2N)c1. The fraction of sp³-hybridized carbons (Fsp3) is 0.100. The van der Waals surface area contributed by atoms with E-state index < -0.39 is 5.97 Å². The van der Waals surface area contributed by atoms with E-state index in [0.717, 1.165) is 11.5 Å². The Labute approximate surface area is 101 Å². The molecule has 1 aromatic carbocycles. The summed E-state index contributed by atoms with van der Waals surface area (Å²) in [6.45, 7) is 0. The molecular formula is C10H9N3O3S. The predicted octanol–water partition coefficient (Wildman–Crippen LogP) is 1.35. The molecule has 2 rings (SSSR count). The van der Waals surface area contributed by atoms with Crippen LogP contribution in [-0.2, 0) is 0 Å². The maximum absolute atomic E-state index is 11.7. The highest BCUT2D eigenvalue weighted by atomic mass is 32.1. The van der Waals surface area contributed by atoms with Crippen LogP contribution >= 0.6 is 11.5 Å². The zero-order chi connectivity index (χ0) is 12.3. The third kappa shape index (κ3) is 2.51. The van der Waals surface area contributed by atoms with Crippen LogP contribution < -0.4 is 15.2 Å². The second-order valence-corrected chi connectivity index (χ2v) is 3.84. The Morgan fingerprint density at radius 3 is 2.82 bits per heavy atom. The molecule has 7 heteroatoms. The molecular weight excluding hydrogens is 242 g/mol. The first-order chi connectivity index (χ1) is 8.20. The minimum atomic E-state index is -0.635. The number of methoxy groups -OCH3 is 1. The first-order valence-electron chi connectivity index (χ1n) is 4.65. The van der Waals surface area contributed by atoms with Crippen molar-refractivity contribution in [2.24, 2.45) is 0 Å². The van der Waals surface area contributed by atoms with Crippen LogP contribution in [0.5, 0.6) is 11.5 Å². The Balaban J connectivity index is 2.16. The Bertz CT molecular complexity index is 541. The molecule has 0 aliphatic rings. The molecule has 0 spiro atoms.